The van der Waals surface area contributed by atoms with Gasteiger partial charge in [0, 0.05) is 0 Å². The van der Waals surface area contributed by atoms with E-state index < -0.39 is 5.91 Å². The van der Waals surface area contributed by atoms with Crippen LogP contribution in [0.1, 0.15) is 43.4 Å². The third-order valence-electron chi connectivity index (χ3n) is 5.29. The number of ether oxygens (including phenoxy) is 2. The summed E-state index contributed by atoms with van der Waals surface area (Å²) in [5, 5.41) is 15.6. The van der Waals surface area contributed by atoms with Gasteiger partial charge < -0.3 is 9.47 Å². The Morgan fingerprint density at radius 1 is 1.06 bits per heavy atom. The van der Waals surface area contributed by atoms with E-state index in [2.05, 4.69) is 43.0 Å². The number of carbonyl (C=O) groups is 1. The zero-order valence-corrected chi connectivity index (χ0v) is 20.4. The van der Waals surface area contributed by atoms with Crippen LogP contribution in [0.5, 0.6) is 11.5 Å². The molecule has 0 unspecified atom stereocenters. The average Bonchev–Trinajstić information content (AvgIpc) is 3.22. The summed E-state index contributed by atoms with van der Waals surface area (Å²) in [5.74, 6) is 1.19. The van der Waals surface area contributed by atoms with Gasteiger partial charge in [0.1, 0.15) is 29.8 Å². The number of hydrogen-bond acceptors (Lipinski definition) is 6. The summed E-state index contributed by atoms with van der Waals surface area (Å²) in [6, 6.07) is 13.6. The molecule has 4 rings (SSSR count). The third-order valence-corrected chi connectivity index (χ3v) is 6.26. The SMILES string of the molecule is CCCC1=NN2C(=N)C(=Cc3ccc(OCCOc4cc(C)cc(CC)c4)cc3)C(=O)N=C2S1. The number of aryl methyl sites for hydroxylation is 2. The molecule has 0 fully saturated rings. The predicted octanol–water partition coefficient (Wildman–Crippen LogP) is 5.43. The van der Waals surface area contributed by atoms with Gasteiger partial charge in [0.15, 0.2) is 5.84 Å². The number of amidine groups is 2. The summed E-state index contributed by atoms with van der Waals surface area (Å²) in [7, 11) is 0. The van der Waals surface area contributed by atoms with Crippen molar-refractivity contribution in [3.8, 4) is 11.5 Å². The maximum Gasteiger partial charge on any atom is 0.283 e. The molecule has 176 valence electrons. The second-order valence-electron chi connectivity index (χ2n) is 8.04. The smallest absolute Gasteiger partial charge is 0.283 e. The standard InChI is InChI=1S/C26H28N4O3S/c1-4-6-23-29-30-24(27)22(25(31)28-26(30)34-23)16-19-7-9-20(10-8-19)32-11-12-33-21-14-17(3)13-18(5-2)15-21/h7-10,13-16,27H,4-6,11-12H2,1-3H3. The first-order chi connectivity index (χ1) is 16.5. The van der Waals surface area contributed by atoms with Gasteiger partial charge >= 0.3 is 0 Å². The highest BCUT2D eigenvalue weighted by Crippen LogP contribution is 2.30. The quantitative estimate of drug-likeness (QED) is 0.385. The van der Waals surface area contributed by atoms with E-state index >= 15 is 0 Å². The number of nitrogens with zero attached hydrogens (tertiary/aromatic N) is 3. The minimum absolute atomic E-state index is 0.0495. The molecular weight excluding hydrogens is 448 g/mol. The van der Waals surface area contributed by atoms with Crippen LogP contribution in [0.4, 0.5) is 0 Å². The number of fused-ring (bicyclic) bond motifs is 1. The van der Waals surface area contributed by atoms with Gasteiger partial charge in [0.25, 0.3) is 5.91 Å². The van der Waals surface area contributed by atoms with E-state index in [1.807, 2.05) is 30.3 Å². The van der Waals surface area contributed by atoms with E-state index in [9.17, 15) is 4.79 Å². The summed E-state index contributed by atoms with van der Waals surface area (Å²) >= 11 is 1.36. The molecule has 1 N–H and O–H groups in total. The van der Waals surface area contributed by atoms with Crippen LogP contribution in [0.2, 0.25) is 0 Å². The number of thioether (sulfide) groups is 1. The molecular formula is C26H28N4O3S. The Bertz CT molecular complexity index is 1190. The Labute approximate surface area is 204 Å². The zero-order chi connectivity index (χ0) is 24.1. The van der Waals surface area contributed by atoms with Gasteiger partial charge in [0.2, 0.25) is 5.17 Å². The van der Waals surface area contributed by atoms with Gasteiger partial charge in [-0.15, -0.1) is 0 Å². The largest absolute Gasteiger partial charge is 0.490 e. The molecule has 2 aliphatic rings. The Morgan fingerprint density at radius 3 is 2.50 bits per heavy atom. The minimum Gasteiger partial charge on any atom is -0.490 e. The summed E-state index contributed by atoms with van der Waals surface area (Å²) in [6.45, 7) is 7.12. The topological polar surface area (TPSA) is 87.3 Å². The van der Waals surface area contributed by atoms with E-state index in [1.165, 1.54) is 27.9 Å². The average molecular weight is 477 g/mol. The number of rotatable bonds is 9. The molecule has 0 aromatic heterocycles. The molecule has 8 heteroatoms. The van der Waals surface area contributed by atoms with Crippen molar-refractivity contribution >= 4 is 39.8 Å². The summed E-state index contributed by atoms with van der Waals surface area (Å²) in [6.07, 6.45) is 4.39. The van der Waals surface area contributed by atoms with Crippen molar-refractivity contribution in [2.75, 3.05) is 13.2 Å². The number of amides is 1. The molecule has 0 atom stereocenters. The Balaban J connectivity index is 1.34. The number of hydrazone groups is 1. The fraction of sp³-hybridized carbons (Fsp3) is 0.308. The Kier molecular flexibility index (Phi) is 7.47. The summed E-state index contributed by atoms with van der Waals surface area (Å²) < 4.78 is 11.6. The van der Waals surface area contributed by atoms with Gasteiger partial charge in [-0.25, -0.2) is 0 Å². The lowest BCUT2D eigenvalue weighted by Gasteiger charge is -2.20. The second kappa shape index (κ2) is 10.7. The van der Waals surface area contributed by atoms with Crippen LogP contribution in [0.3, 0.4) is 0 Å². The molecule has 0 saturated carbocycles. The van der Waals surface area contributed by atoms with Crippen LogP contribution in [0, 0.1) is 12.3 Å². The van der Waals surface area contributed by atoms with Crippen LogP contribution in [-0.4, -0.2) is 40.2 Å². The predicted molar refractivity (Wildman–Crippen MR) is 138 cm³/mol. The lowest BCUT2D eigenvalue weighted by molar-refractivity contribution is -0.114. The van der Waals surface area contributed by atoms with Crippen molar-refractivity contribution in [1.82, 2.24) is 5.01 Å². The number of nitrogens with one attached hydrogen (secondary N) is 1. The van der Waals surface area contributed by atoms with E-state index in [4.69, 9.17) is 14.9 Å². The Morgan fingerprint density at radius 2 is 1.79 bits per heavy atom. The van der Waals surface area contributed by atoms with E-state index in [-0.39, 0.29) is 11.4 Å². The molecule has 2 aromatic rings. The zero-order valence-electron chi connectivity index (χ0n) is 19.6. The molecule has 2 aromatic carbocycles. The normalized spacial score (nSPS) is 16.4. The second-order valence-corrected chi connectivity index (χ2v) is 9.08. The molecule has 0 radical (unpaired) electrons. The van der Waals surface area contributed by atoms with Crippen LogP contribution < -0.4 is 9.47 Å². The lowest BCUT2D eigenvalue weighted by Crippen LogP contribution is -2.35. The number of benzene rings is 2. The van der Waals surface area contributed by atoms with Gasteiger partial charge in [0.05, 0.1) is 5.57 Å². The fourth-order valence-electron chi connectivity index (χ4n) is 3.60. The third kappa shape index (κ3) is 5.56. The Hall–Kier alpha value is -3.39. The van der Waals surface area contributed by atoms with Crippen LogP contribution in [0.15, 0.2) is 58.1 Å². The molecule has 0 saturated heterocycles. The highest BCUT2D eigenvalue weighted by atomic mass is 32.2. The highest BCUT2D eigenvalue weighted by Gasteiger charge is 2.35. The fourth-order valence-corrected chi connectivity index (χ4v) is 4.59. The molecule has 2 aliphatic heterocycles. The van der Waals surface area contributed by atoms with Crippen molar-refractivity contribution < 1.29 is 14.3 Å². The summed E-state index contributed by atoms with van der Waals surface area (Å²) in [4.78, 5) is 16.6. The molecule has 0 spiro atoms. The van der Waals surface area contributed by atoms with E-state index in [0.717, 1.165) is 35.6 Å². The first kappa shape index (κ1) is 23.8. The van der Waals surface area contributed by atoms with Crippen molar-refractivity contribution in [1.29, 1.82) is 5.41 Å². The first-order valence-electron chi connectivity index (χ1n) is 11.4. The van der Waals surface area contributed by atoms with E-state index in [0.29, 0.717) is 24.1 Å². The van der Waals surface area contributed by atoms with Crippen molar-refractivity contribution in [3.05, 3.63) is 64.7 Å². The summed E-state index contributed by atoms with van der Waals surface area (Å²) in [5.41, 5.74) is 3.44. The monoisotopic (exact) mass is 476 g/mol. The van der Waals surface area contributed by atoms with Crippen LogP contribution in [0.25, 0.3) is 6.08 Å². The van der Waals surface area contributed by atoms with Crippen molar-refractivity contribution in [2.24, 2.45) is 10.1 Å². The van der Waals surface area contributed by atoms with Gasteiger partial charge in [-0.05, 0) is 85.0 Å². The first-order valence-corrected chi connectivity index (χ1v) is 12.2. The van der Waals surface area contributed by atoms with Gasteiger partial charge in [-0.2, -0.15) is 15.1 Å². The van der Waals surface area contributed by atoms with Crippen molar-refractivity contribution in [2.45, 2.75) is 40.0 Å². The van der Waals surface area contributed by atoms with Crippen molar-refractivity contribution in [3.63, 3.8) is 0 Å². The molecule has 0 aliphatic carbocycles. The molecule has 1 amide bonds. The molecule has 7 nitrogen and oxygen atoms in total. The maximum absolute atomic E-state index is 12.5. The van der Waals surface area contributed by atoms with Crippen LogP contribution in [-0.2, 0) is 11.2 Å². The lowest BCUT2D eigenvalue weighted by atomic mass is 10.1. The molecule has 2 heterocycles. The number of aliphatic imine (C=N–C) groups is 1. The highest BCUT2D eigenvalue weighted by molar-refractivity contribution is 8.26. The van der Waals surface area contributed by atoms with Gasteiger partial charge in [-0.3, -0.25) is 10.2 Å². The molecule has 0 bridgehead atoms. The van der Waals surface area contributed by atoms with Gasteiger partial charge in [-0.1, -0.05) is 32.0 Å². The maximum atomic E-state index is 12.5. The van der Waals surface area contributed by atoms with Crippen LogP contribution >= 0.6 is 11.8 Å². The number of carbonyl (C=O) groups excluding carboxylic acids is 1. The van der Waals surface area contributed by atoms with E-state index in [1.54, 1.807) is 6.08 Å². The number of hydrogen-bond donors (Lipinski definition) is 1. The minimum atomic E-state index is -0.420. The molecule has 34 heavy (non-hydrogen) atoms.